The maximum absolute atomic E-state index is 10.3. The number of rotatable bonds is 3. The second kappa shape index (κ2) is 5.03. The van der Waals surface area contributed by atoms with Gasteiger partial charge < -0.3 is 4.74 Å². The van der Waals surface area contributed by atoms with Crippen LogP contribution in [0.4, 0.5) is 0 Å². The number of hydrogen-bond acceptors (Lipinski definition) is 5. The first-order valence-corrected chi connectivity index (χ1v) is 9.82. The SMILES string of the molecule is CC(C)(C[C@@]1(C)[C@]2(C#N)C(N)=[NH+][C@@]3(OCCS3)[C@]12C#N)c1ccccc1. The zero-order chi connectivity index (χ0) is 18.8. The summed E-state index contributed by atoms with van der Waals surface area (Å²) in [5.74, 6) is 1.16. The van der Waals surface area contributed by atoms with E-state index in [1.54, 1.807) is 11.8 Å². The first kappa shape index (κ1) is 17.4. The molecule has 3 N–H and O–H groups in total. The first-order valence-electron chi connectivity index (χ1n) is 8.84. The molecule has 0 aromatic heterocycles. The Bertz CT molecular complexity index is 877. The van der Waals surface area contributed by atoms with Crippen molar-refractivity contribution in [3.63, 3.8) is 0 Å². The molecule has 1 saturated carbocycles. The van der Waals surface area contributed by atoms with Crippen molar-refractivity contribution < 1.29 is 9.73 Å². The Hall–Kier alpha value is -2.02. The number of nitriles is 2. The Morgan fingerprint density at radius 2 is 1.96 bits per heavy atom. The van der Waals surface area contributed by atoms with E-state index < -0.39 is 21.3 Å². The number of hydrogen-bond donors (Lipinski definition) is 2. The van der Waals surface area contributed by atoms with Crippen LogP contribution in [0.1, 0.15) is 32.8 Å². The molecule has 2 fully saturated rings. The van der Waals surface area contributed by atoms with Crippen LogP contribution in [-0.2, 0) is 10.2 Å². The average molecular weight is 367 g/mol. The van der Waals surface area contributed by atoms with Crippen molar-refractivity contribution in [1.82, 2.24) is 0 Å². The number of amidine groups is 1. The lowest BCUT2D eigenvalue weighted by molar-refractivity contribution is -0.585. The molecule has 0 radical (unpaired) electrons. The fraction of sp³-hybridized carbons (Fsp3) is 0.550. The van der Waals surface area contributed by atoms with Crippen LogP contribution in [0.2, 0.25) is 0 Å². The van der Waals surface area contributed by atoms with Crippen LogP contribution in [0.25, 0.3) is 0 Å². The Balaban J connectivity index is 1.83. The third kappa shape index (κ3) is 1.59. The third-order valence-electron chi connectivity index (χ3n) is 6.73. The highest BCUT2D eigenvalue weighted by atomic mass is 32.2. The fourth-order valence-electron chi connectivity index (χ4n) is 5.65. The van der Waals surface area contributed by atoms with Crippen molar-refractivity contribution >= 4 is 17.6 Å². The lowest BCUT2D eigenvalue weighted by atomic mass is 9.72. The van der Waals surface area contributed by atoms with E-state index in [1.165, 1.54) is 5.56 Å². The quantitative estimate of drug-likeness (QED) is 0.838. The van der Waals surface area contributed by atoms with Crippen molar-refractivity contribution in [3.8, 4) is 12.1 Å². The van der Waals surface area contributed by atoms with E-state index in [-0.39, 0.29) is 5.41 Å². The van der Waals surface area contributed by atoms with Crippen LogP contribution in [0.15, 0.2) is 30.3 Å². The second-order valence-electron chi connectivity index (χ2n) is 8.33. The minimum absolute atomic E-state index is 0.210. The van der Waals surface area contributed by atoms with Gasteiger partial charge in [0.05, 0.1) is 18.7 Å². The summed E-state index contributed by atoms with van der Waals surface area (Å²) in [6.07, 6.45) is 0.666. The maximum atomic E-state index is 10.3. The molecular formula is C20H23N4OS+. The van der Waals surface area contributed by atoms with Crippen molar-refractivity contribution in [2.24, 2.45) is 22.0 Å². The second-order valence-corrected chi connectivity index (χ2v) is 9.61. The highest BCUT2D eigenvalue weighted by Crippen LogP contribution is 2.86. The van der Waals surface area contributed by atoms with Gasteiger partial charge in [0, 0.05) is 11.2 Å². The van der Waals surface area contributed by atoms with Gasteiger partial charge in [0.1, 0.15) is 0 Å². The van der Waals surface area contributed by atoms with Crippen LogP contribution in [0.5, 0.6) is 0 Å². The van der Waals surface area contributed by atoms with E-state index in [4.69, 9.17) is 10.5 Å². The van der Waals surface area contributed by atoms with Gasteiger partial charge in [-0.3, -0.25) is 5.73 Å². The van der Waals surface area contributed by atoms with Gasteiger partial charge in [0.25, 0.3) is 10.9 Å². The van der Waals surface area contributed by atoms with Crippen LogP contribution < -0.4 is 10.7 Å². The molecule has 134 valence electrons. The number of thioether (sulfide) groups is 1. The Morgan fingerprint density at radius 1 is 1.27 bits per heavy atom. The molecule has 0 unspecified atom stereocenters. The van der Waals surface area contributed by atoms with Gasteiger partial charge >= 0.3 is 0 Å². The van der Waals surface area contributed by atoms with Crippen molar-refractivity contribution in [2.45, 2.75) is 37.7 Å². The first-order chi connectivity index (χ1) is 12.3. The molecule has 1 saturated heterocycles. The molecule has 1 aliphatic carbocycles. The summed E-state index contributed by atoms with van der Waals surface area (Å²) >= 11 is 1.56. The zero-order valence-corrected chi connectivity index (χ0v) is 16.1. The van der Waals surface area contributed by atoms with Crippen molar-refractivity contribution in [2.75, 3.05) is 12.4 Å². The molecule has 3 aliphatic rings. The number of nitrogens with two attached hydrogens (primary N) is 1. The zero-order valence-electron chi connectivity index (χ0n) is 15.3. The topological polar surface area (TPSA) is 96.8 Å². The van der Waals surface area contributed by atoms with Gasteiger partial charge in [-0.05, 0) is 17.4 Å². The lowest BCUT2D eigenvalue weighted by Gasteiger charge is -2.34. The molecule has 4 atom stereocenters. The summed E-state index contributed by atoms with van der Waals surface area (Å²) in [6, 6.07) is 15.2. The number of ether oxygens (including phenoxy) is 1. The van der Waals surface area contributed by atoms with Crippen LogP contribution in [0.3, 0.4) is 0 Å². The molecule has 4 rings (SSSR count). The monoisotopic (exact) mass is 367 g/mol. The maximum Gasteiger partial charge on any atom is 0.277 e. The van der Waals surface area contributed by atoms with E-state index in [1.807, 2.05) is 25.1 Å². The predicted molar refractivity (Wildman–Crippen MR) is 99.6 cm³/mol. The molecule has 2 heterocycles. The summed E-state index contributed by atoms with van der Waals surface area (Å²) in [6.45, 7) is 6.91. The van der Waals surface area contributed by atoms with Gasteiger partial charge in [0.2, 0.25) is 0 Å². The average Bonchev–Trinajstić information content (AvgIpc) is 2.91. The molecule has 5 nitrogen and oxygen atoms in total. The van der Waals surface area contributed by atoms with Crippen molar-refractivity contribution in [3.05, 3.63) is 35.9 Å². The normalized spacial score (nSPS) is 40.6. The predicted octanol–water partition coefficient (Wildman–Crippen LogP) is 1.26. The summed E-state index contributed by atoms with van der Waals surface area (Å²) < 4.78 is 6.04. The van der Waals surface area contributed by atoms with Crippen LogP contribution in [0, 0.1) is 38.9 Å². The smallest absolute Gasteiger partial charge is 0.277 e. The van der Waals surface area contributed by atoms with Crippen LogP contribution in [-0.4, -0.2) is 23.3 Å². The number of nitrogens with zero attached hydrogens (tertiary/aromatic N) is 2. The van der Waals surface area contributed by atoms with Gasteiger partial charge in [-0.1, -0.05) is 62.9 Å². The molecular weight excluding hydrogens is 344 g/mol. The minimum Gasteiger partial charge on any atom is -0.327 e. The number of nitrogens with one attached hydrogen (secondary N) is 1. The summed E-state index contributed by atoms with van der Waals surface area (Å²) in [7, 11) is 0. The molecule has 1 spiro atoms. The molecule has 0 bridgehead atoms. The van der Waals surface area contributed by atoms with E-state index in [0.29, 0.717) is 18.9 Å². The summed E-state index contributed by atoms with van der Waals surface area (Å²) in [5, 5.41) is 19.6. The van der Waals surface area contributed by atoms with Gasteiger partial charge in [-0.25, -0.2) is 4.99 Å². The molecule has 1 aromatic carbocycles. The highest BCUT2D eigenvalue weighted by molar-refractivity contribution is 8.00. The van der Waals surface area contributed by atoms with E-state index in [2.05, 4.69) is 43.1 Å². The molecule has 26 heavy (non-hydrogen) atoms. The highest BCUT2D eigenvalue weighted by Gasteiger charge is 3.01. The lowest BCUT2D eigenvalue weighted by Crippen LogP contribution is -2.88. The third-order valence-corrected chi connectivity index (χ3v) is 8.04. The van der Waals surface area contributed by atoms with E-state index >= 15 is 0 Å². The molecule has 0 amide bonds. The van der Waals surface area contributed by atoms with E-state index in [0.717, 1.165) is 5.75 Å². The molecule has 6 heteroatoms. The van der Waals surface area contributed by atoms with Crippen molar-refractivity contribution in [1.29, 1.82) is 10.5 Å². The Kier molecular flexibility index (Phi) is 3.37. The Labute approximate surface area is 158 Å². The number of fused-ring (bicyclic) bond motifs is 2. The molecule has 2 aliphatic heterocycles. The molecule has 1 aromatic rings. The van der Waals surface area contributed by atoms with Gasteiger partial charge in [0.15, 0.2) is 10.8 Å². The summed E-state index contributed by atoms with van der Waals surface area (Å²) in [5.41, 5.74) is 4.68. The van der Waals surface area contributed by atoms with E-state index in [9.17, 15) is 10.5 Å². The van der Waals surface area contributed by atoms with Gasteiger partial charge in [-0.2, -0.15) is 10.5 Å². The van der Waals surface area contributed by atoms with Crippen LogP contribution >= 0.6 is 11.8 Å². The largest absolute Gasteiger partial charge is 0.327 e. The minimum atomic E-state index is -1.04. The number of benzene rings is 1. The standard InChI is InChI=1S/C20H22N4OS/c1-16(2,14-7-5-4-6-8-14)11-17(3)18(12-21)15(23)24-20(19(17,18)13-22)25-9-10-26-20/h4-8H,9-11H2,1-3H3,(H2,23,24)/p+1/t17-,18-,19+,20+/m0/s1. The fourth-order valence-corrected chi connectivity index (χ4v) is 7.09. The van der Waals surface area contributed by atoms with Gasteiger partial charge in [-0.15, -0.1) is 0 Å². The Morgan fingerprint density at radius 3 is 2.50 bits per heavy atom. The summed E-state index contributed by atoms with van der Waals surface area (Å²) in [4.78, 5) is 3.18.